The summed E-state index contributed by atoms with van der Waals surface area (Å²) in [5, 5.41) is 10.6. The summed E-state index contributed by atoms with van der Waals surface area (Å²) < 4.78 is 51.0. The van der Waals surface area contributed by atoms with Crippen molar-refractivity contribution in [2.45, 2.75) is 32.7 Å². The molecular weight excluding hydrogens is 345 g/mol. The molecule has 1 aliphatic heterocycles. The van der Waals surface area contributed by atoms with Gasteiger partial charge in [-0.3, -0.25) is 0 Å². The number of ether oxygens (including phenoxy) is 2. The molecule has 1 saturated heterocycles. The predicted molar refractivity (Wildman–Crippen MR) is 90.6 cm³/mol. The van der Waals surface area contributed by atoms with E-state index in [1.807, 2.05) is 6.92 Å². The standard InChI is InChI=1S/C20H21F3O3/c1-3-8-19(2)11-25-20(24,26-12-19)15-6-4-13(5-7-15)14-9-16(21)18(23)17(22)10-14/h4-7,9-10,24H,3,8,11-12H2,1-2H3. The highest BCUT2D eigenvalue weighted by Crippen LogP contribution is 2.37. The van der Waals surface area contributed by atoms with E-state index in [4.69, 9.17) is 9.47 Å². The first-order valence-corrected chi connectivity index (χ1v) is 8.52. The van der Waals surface area contributed by atoms with Crippen LogP contribution in [0.4, 0.5) is 13.2 Å². The third kappa shape index (κ3) is 3.63. The molecule has 1 aliphatic rings. The Morgan fingerprint density at radius 2 is 1.50 bits per heavy atom. The van der Waals surface area contributed by atoms with Crippen LogP contribution in [0.5, 0.6) is 0 Å². The van der Waals surface area contributed by atoms with E-state index >= 15 is 0 Å². The van der Waals surface area contributed by atoms with Crippen LogP contribution >= 0.6 is 0 Å². The molecule has 3 rings (SSSR count). The van der Waals surface area contributed by atoms with Crippen molar-refractivity contribution >= 4 is 0 Å². The van der Waals surface area contributed by atoms with Gasteiger partial charge in [-0.15, -0.1) is 0 Å². The minimum atomic E-state index is -1.86. The molecule has 0 radical (unpaired) electrons. The molecule has 0 atom stereocenters. The number of hydrogen-bond donors (Lipinski definition) is 1. The van der Waals surface area contributed by atoms with E-state index in [9.17, 15) is 18.3 Å². The average molecular weight is 366 g/mol. The Labute approximate surface area is 150 Å². The van der Waals surface area contributed by atoms with E-state index in [1.54, 1.807) is 24.3 Å². The Bertz CT molecular complexity index is 758. The van der Waals surface area contributed by atoms with Gasteiger partial charge in [0.15, 0.2) is 17.5 Å². The lowest BCUT2D eigenvalue weighted by atomic mass is 9.86. The Balaban J connectivity index is 1.80. The summed E-state index contributed by atoms with van der Waals surface area (Å²) in [4.78, 5) is 0. The molecule has 0 unspecified atom stereocenters. The van der Waals surface area contributed by atoms with Crippen LogP contribution in [0.2, 0.25) is 0 Å². The largest absolute Gasteiger partial charge is 0.339 e. The number of aliphatic hydroxyl groups is 1. The molecule has 0 bridgehead atoms. The molecule has 1 N–H and O–H groups in total. The van der Waals surface area contributed by atoms with Gasteiger partial charge >= 0.3 is 5.97 Å². The molecule has 26 heavy (non-hydrogen) atoms. The Morgan fingerprint density at radius 1 is 0.962 bits per heavy atom. The second kappa shape index (κ2) is 7.02. The molecule has 1 fully saturated rings. The summed E-state index contributed by atoms with van der Waals surface area (Å²) in [7, 11) is 0. The molecule has 140 valence electrons. The molecule has 6 heteroatoms. The molecule has 2 aromatic carbocycles. The second-order valence-corrected chi connectivity index (χ2v) is 7.05. The number of hydrogen-bond acceptors (Lipinski definition) is 3. The van der Waals surface area contributed by atoms with E-state index in [0.29, 0.717) is 24.3 Å². The minimum Gasteiger partial charge on any atom is -0.339 e. The van der Waals surface area contributed by atoms with Crippen LogP contribution in [0.15, 0.2) is 36.4 Å². The van der Waals surface area contributed by atoms with Gasteiger partial charge in [-0.05, 0) is 29.7 Å². The van der Waals surface area contributed by atoms with Crippen LogP contribution in [0.1, 0.15) is 32.3 Å². The van der Waals surface area contributed by atoms with Gasteiger partial charge in [-0.2, -0.15) is 0 Å². The average Bonchev–Trinajstić information content (AvgIpc) is 2.62. The van der Waals surface area contributed by atoms with E-state index in [0.717, 1.165) is 25.0 Å². The molecule has 0 amide bonds. The number of benzene rings is 2. The topological polar surface area (TPSA) is 38.7 Å². The third-order valence-electron chi connectivity index (χ3n) is 4.65. The zero-order chi connectivity index (χ0) is 18.9. The zero-order valence-electron chi connectivity index (χ0n) is 14.7. The fraction of sp³-hybridized carbons (Fsp3) is 0.400. The zero-order valence-corrected chi connectivity index (χ0v) is 14.7. The fourth-order valence-electron chi connectivity index (χ4n) is 3.14. The maximum absolute atomic E-state index is 13.4. The van der Waals surface area contributed by atoms with Gasteiger partial charge in [0.05, 0.1) is 13.2 Å². The Hall–Kier alpha value is -1.89. The van der Waals surface area contributed by atoms with Gasteiger partial charge in [0.1, 0.15) is 0 Å². The smallest absolute Gasteiger partial charge is 0.309 e. The normalized spacial score (nSPS) is 26.1. The van der Waals surface area contributed by atoms with Gasteiger partial charge in [-0.25, -0.2) is 13.2 Å². The van der Waals surface area contributed by atoms with Gasteiger partial charge in [0, 0.05) is 11.0 Å². The van der Waals surface area contributed by atoms with Crippen LogP contribution in [-0.4, -0.2) is 18.3 Å². The summed E-state index contributed by atoms with van der Waals surface area (Å²) in [6, 6.07) is 8.07. The van der Waals surface area contributed by atoms with Crippen LogP contribution in [0.3, 0.4) is 0 Å². The summed E-state index contributed by atoms with van der Waals surface area (Å²) >= 11 is 0. The molecule has 0 spiro atoms. The van der Waals surface area contributed by atoms with Gasteiger partial charge in [0.25, 0.3) is 0 Å². The quantitative estimate of drug-likeness (QED) is 0.796. The molecule has 0 aliphatic carbocycles. The van der Waals surface area contributed by atoms with Gasteiger partial charge in [0.2, 0.25) is 0 Å². The summed E-state index contributed by atoms with van der Waals surface area (Å²) in [5.41, 5.74) is 0.898. The number of halogens is 3. The first-order valence-electron chi connectivity index (χ1n) is 8.52. The van der Waals surface area contributed by atoms with Crippen LogP contribution in [0.25, 0.3) is 11.1 Å². The molecular formula is C20H21F3O3. The predicted octanol–water partition coefficient (Wildman–Crippen LogP) is 4.73. The summed E-state index contributed by atoms with van der Waals surface area (Å²) in [6.07, 6.45) is 1.91. The van der Waals surface area contributed by atoms with Crippen molar-refractivity contribution in [2.75, 3.05) is 13.2 Å². The van der Waals surface area contributed by atoms with E-state index < -0.39 is 23.4 Å². The highest BCUT2D eigenvalue weighted by atomic mass is 19.2. The first-order chi connectivity index (χ1) is 12.3. The van der Waals surface area contributed by atoms with E-state index in [1.165, 1.54) is 0 Å². The maximum atomic E-state index is 13.4. The van der Waals surface area contributed by atoms with Crippen molar-refractivity contribution in [1.29, 1.82) is 0 Å². The van der Waals surface area contributed by atoms with Crippen LogP contribution < -0.4 is 0 Å². The summed E-state index contributed by atoms with van der Waals surface area (Å²) in [6.45, 7) is 4.82. The second-order valence-electron chi connectivity index (χ2n) is 7.05. The molecule has 0 aromatic heterocycles. The van der Waals surface area contributed by atoms with E-state index in [2.05, 4.69) is 6.92 Å². The monoisotopic (exact) mass is 366 g/mol. The highest BCUT2D eigenvalue weighted by Gasteiger charge is 2.42. The van der Waals surface area contributed by atoms with Crippen LogP contribution in [0, 0.1) is 22.9 Å². The van der Waals surface area contributed by atoms with Gasteiger partial charge in [-0.1, -0.05) is 44.5 Å². The Kier molecular flexibility index (Phi) is 5.10. The van der Waals surface area contributed by atoms with Gasteiger partial charge < -0.3 is 14.6 Å². The van der Waals surface area contributed by atoms with E-state index in [-0.39, 0.29) is 11.0 Å². The molecule has 2 aromatic rings. The molecule has 0 saturated carbocycles. The Morgan fingerprint density at radius 3 is 2.00 bits per heavy atom. The van der Waals surface area contributed by atoms with Crippen molar-refractivity contribution in [1.82, 2.24) is 0 Å². The van der Waals surface area contributed by atoms with Crippen LogP contribution in [-0.2, 0) is 15.4 Å². The summed E-state index contributed by atoms with van der Waals surface area (Å²) in [5.74, 6) is -5.86. The van der Waals surface area contributed by atoms with Crippen molar-refractivity contribution < 1.29 is 27.8 Å². The minimum absolute atomic E-state index is 0.149. The van der Waals surface area contributed by atoms with Crippen molar-refractivity contribution in [3.63, 3.8) is 0 Å². The fourth-order valence-corrected chi connectivity index (χ4v) is 3.14. The maximum Gasteiger partial charge on any atom is 0.309 e. The molecule has 1 heterocycles. The van der Waals surface area contributed by atoms with Crippen molar-refractivity contribution in [3.05, 3.63) is 59.4 Å². The highest BCUT2D eigenvalue weighted by molar-refractivity contribution is 5.64. The lowest BCUT2D eigenvalue weighted by Crippen LogP contribution is -2.46. The third-order valence-corrected chi connectivity index (χ3v) is 4.65. The number of rotatable bonds is 4. The first kappa shape index (κ1) is 18.9. The molecule has 3 nitrogen and oxygen atoms in total. The van der Waals surface area contributed by atoms with Crippen molar-refractivity contribution in [2.24, 2.45) is 5.41 Å². The SMILES string of the molecule is CCCC1(C)COC(O)(c2ccc(-c3cc(F)c(F)c(F)c3)cc2)OC1. The van der Waals surface area contributed by atoms with Crippen molar-refractivity contribution in [3.8, 4) is 11.1 Å². The lowest BCUT2D eigenvalue weighted by Gasteiger charge is -2.41. The lowest BCUT2D eigenvalue weighted by molar-refractivity contribution is -0.414.